The Morgan fingerprint density at radius 3 is 2.32 bits per heavy atom. The van der Waals surface area contributed by atoms with E-state index in [4.69, 9.17) is 9.47 Å². The molecule has 0 aromatic heterocycles. The maximum absolute atomic E-state index is 13.5. The van der Waals surface area contributed by atoms with Crippen LogP contribution < -0.4 is 15.5 Å². The highest BCUT2D eigenvalue weighted by Crippen LogP contribution is 2.30. The number of carbonyl (C=O) groups excluding carboxylic acids is 3. The minimum Gasteiger partial charge on any atom is -0.481 e. The second-order valence-electron chi connectivity index (χ2n) is 11.7. The number of morpholine rings is 1. The van der Waals surface area contributed by atoms with Crippen LogP contribution in [-0.4, -0.2) is 91.4 Å². The van der Waals surface area contributed by atoms with Gasteiger partial charge in [0.1, 0.15) is 6.61 Å². The molecule has 2 fully saturated rings. The molecule has 2 saturated heterocycles. The van der Waals surface area contributed by atoms with Crippen molar-refractivity contribution in [2.45, 2.75) is 32.4 Å². The fraction of sp³-hybridized carbons (Fsp3) is 0.371. The van der Waals surface area contributed by atoms with Gasteiger partial charge in [0.25, 0.3) is 5.91 Å². The van der Waals surface area contributed by atoms with Gasteiger partial charge in [0.15, 0.2) is 0 Å². The Balaban J connectivity index is 1.35. The van der Waals surface area contributed by atoms with E-state index >= 15 is 0 Å². The van der Waals surface area contributed by atoms with Gasteiger partial charge in [0, 0.05) is 44.8 Å². The van der Waals surface area contributed by atoms with Gasteiger partial charge in [-0.1, -0.05) is 60.2 Å². The zero-order valence-corrected chi connectivity index (χ0v) is 26.5. The van der Waals surface area contributed by atoms with Crippen LogP contribution in [-0.2, 0) is 20.9 Å². The Bertz CT molecular complexity index is 1540. The van der Waals surface area contributed by atoms with Crippen LogP contribution in [0.1, 0.15) is 45.9 Å². The number of hydrogen-bond donors (Lipinski definition) is 3. The summed E-state index contributed by atoms with van der Waals surface area (Å²) in [6.45, 7) is 6.42. The minimum absolute atomic E-state index is 0.00509. The van der Waals surface area contributed by atoms with E-state index in [-0.39, 0.29) is 24.6 Å². The monoisotopic (exact) mass is 643 g/mol. The lowest BCUT2D eigenvalue weighted by Gasteiger charge is -2.32. The second kappa shape index (κ2) is 15.9. The molecule has 3 N–H and O–H groups in total. The number of rotatable bonds is 9. The average molecular weight is 644 g/mol. The number of anilines is 2. The summed E-state index contributed by atoms with van der Waals surface area (Å²) in [7, 11) is 0. The first-order valence-electron chi connectivity index (χ1n) is 15.8. The van der Waals surface area contributed by atoms with Gasteiger partial charge in [-0.3, -0.25) is 14.9 Å². The van der Waals surface area contributed by atoms with Gasteiger partial charge >= 0.3 is 18.1 Å². The summed E-state index contributed by atoms with van der Waals surface area (Å²) in [5.74, 6) is -1.53. The van der Waals surface area contributed by atoms with Crippen LogP contribution in [0.2, 0.25) is 0 Å². The number of nitrogens with one attached hydrogen (secondary N) is 2. The number of hydrogen-bond acceptors (Lipinski definition) is 7. The number of nitrogens with zero attached hydrogens (tertiary/aromatic N) is 3. The van der Waals surface area contributed by atoms with Crippen molar-refractivity contribution < 1.29 is 33.8 Å². The summed E-state index contributed by atoms with van der Waals surface area (Å²) >= 11 is 0. The van der Waals surface area contributed by atoms with Crippen LogP contribution in [0.15, 0.2) is 72.8 Å². The number of urea groups is 1. The van der Waals surface area contributed by atoms with E-state index in [1.54, 1.807) is 30.3 Å². The molecule has 248 valence electrons. The third-order valence-electron chi connectivity index (χ3n) is 8.26. The molecule has 12 nitrogen and oxygen atoms in total. The fourth-order valence-electron chi connectivity index (χ4n) is 5.69. The van der Waals surface area contributed by atoms with E-state index in [1.165, 1.54) is 0 Å². The van der Waals surface area contributed by atoms with Crippen LogP contribution in [0.4, 0.5) is 21.0 Å². The molecule has 0 spiro atoms. The molecule has 0 saturated carbocycles. The first kappa shape index (κ1) is 33.3. The standard InChI is InChI=1S/C35H41N5O7/c1-25-8-10-27(11-9-25)29(23-32(41)42)36-33(43)28-12-13-31(30(22-28)37-34(44)47-24-26-6-3-2-4-7-26)38-14-5-15-39(17-16-38)35(45)40-18-20-46-21-19-40/h2-4,6-13,22,29H,5,14-21,23-24H2,1H3,(H,36,43)(H,37,44)(H,41,42). The summed E-state index contributed by atoms with van der Waals surface area (Å²) in [4.78, 5) is 57.1. The topological polar surface area (TPSA) is 141 Å². The molecule has 1 atom stereocenters. The molecule has 2 aliphatic rings. The van der Waals surface area contributed by atoms with Gasteiger partial charge in [0.05, 0.1) is 37.1 Å². The quantitative estimate of drug-likeness (QED) is 0.306. The smallest absolute Gasteiger partial charge is 0.412 e. The summed E-state index contributed by atoms with van der Waals surface area (Å²) in [6.07, 6.45) is -0.268. The van der Waals surface area contributed by atoms with Crippen molar-refractivity contribution in [3.8, 4) is 0 Å². The molecule has 5 rings (SSSR count). The molecule has 3 aromatic rings. The zero-order chi connectivity index (χ0) is 33.2. The summed E-state index contributed by atoms with van der Waals surface area (Å²) < 4.78 is 10.9. The lowest BCUT2D eigenvalue weighted by molar-refractivity contribution is -0.137. The van der Waals surface area contributed by atoms with Crippen LogP contribution in [0.25, 0.3) is 0 Å². The highest BCUT2D eigenvalue weighted by atomic mass is 16.5. The minimum atomic E-state index is -1.04. The van der Waals surface area contributed by atoms with Crippen LogP contribution in [0.3, 0.4) is 0 Å². The molecule has 3 aromatic carbocycles. The maximum Gasteiger partial charge on any atom is 0.412 e. The van der Waals surface area contributed by atoms with Crippen molar-refractivity contribution in [3.05, 3.63) is 95.1 Å². The van der Waals surface area contributed by atoms with Crippen LogP contribution in [0, 0.1) is 6.92 Å². The number of aliphatic carboxylic acids is 1. The van der Waals surface area contributed by atoms with Crippen molar-refractivity contribution in [1.29, 1.82) is 0 Å². The Labute approximate surface area is 274 Å². The van der Waals surface area contributed by atoms with Gasteiger partial charge in [0.2, 0.25) is 0 Å². The number of amides is 4. The molecule has 0 bridgehead atoms. The summed E-state index contributed by atoms with van der Waals surface area (Å²) in [6, 6.07) is 20.9. The summed E-state index contributed by atoms with van der Waals surface area (Å²) in [5, 5.41) is 15.2. The first-order chi connectivity index (χ1) is 22.8. The molecular weight excluding hydrogens is 602 g/mol. The third kappa shape index (κ3) is 9.23. The van der Waals surface area contributed by atoms with Gasteiger partial charge in [-0.15, -0.1) is 0 Å². The van der Waals surface area contributed by atoms with Crippen molar-refractivity contribution >= 4 is 35.4 Å². The number of carboxylic acid groups (broad SMARTS) is 1. The van der Waals surface area contributed by atoms with E-state index in [1.807, 2.05) is 59.2 Å². The predicted molar refractivity (Wildman–Crippen MR) is 177 cm³/mol. The molecule has 0 radical (unpaired) electrons. The van der Waals surface area contributed by atoms with Crippen LogP contribution in [0.5, 0.6) is 0 Å². The third-order valence-corrected chi connectivity index (χ3v) is 8.26. The number of benzene rings is 3. The van der Waals surface area contributed by atoms with E-state index in [2.05, 4.69) is 15.5 Å². The van der Waals surface area contributed by atoms with E-state index in [9.17, 15) is 24.3 Å². The molecule has 0 aliphatic carbocycles. The van der Waals surface area contributed by atoms with Crippen molar-refractivity contribution in [1.82, 2.24) is 15.1 Å². The first-order valence-corrected chi connectivity index (χ1v) is 15.8. The normalized spacial score (nSPS) is 15.7. The Morgan fingerprint density at radius 2 is 1.60 bits per heavy atom. The van der Waals surface area contributed by atoms with Gasteiger partial charge in [-0.25, -0.2) is 9.59 Å². The molecule has 2 aliphatic heterocycles. The average Bonchev–Trinajstić information content (AvgIpc) is 3.34. The molecule has 2 heterocycles. The molecule has 1 unspecified atom stereocenters. The summed E-state index contributed by atoms with van der Waals surface area (Å²) in [5.41, 5.74) is 3.81. The Kier molecular flexibility index (Phi) is 11.3. The van der Waals surface area contributed by atoms with Crippen molar-refractivity contribution in [3.63, 3.8) is 0 Å². The van der Waals surface area contributed by atoms with E-state index in [0.29, 0.717) is 75.8 Å². The lowest BCUT2D eigenvalue weighted by atomic mass is 10.0. The van der Waals surface area contributed by atoms with Crippen LogP contribution >= 0.6 is 0 Å². The molecule has 12 heteroatoms. The number of aryl methyl sites for hydroxylation is 1. The van der Waals surface area contributed by atoms with Gasteiger partial charge in [-0.05, 0) is 42.7 Å². The van der Waals surface area contributed by atoms with Gasteiger partial charge in [-0.2, -0.15) is 0 Å². The second-order valence-corrected chi connectivity index (χ2v) is 11.7. The SMILES string of the molecule is Cc1ccc(C(CC(=O)O)NC(=O)c2ccc(N3CCCN(C(=O)N4CCOCC4)CC3)c(NC(=O)OCc3ccccc3)c2)cc1. The lowest BCUT2D eigenvalue weighted by Crippen LogP contribution is -2.49. The van der Waals surface area contributed by atoms with E-state index in [0.717, 1.165) is 11.1 Å². The molecule has 4 amide bonds. The Morgan fingerprint density at radius 1 is 0.872 bits per heavy atom. The highest BCUT2D eigenvalue weighted by Gasteiger charge is 2.27. The maximum atomic E-state index is 13.5. The largest absolute Gasteiger partial charge is 0.481 e. The number of ether oxygens (including phenoxy) is 2. The molecular formula is C35H41N5O7. The van der Waals surface area contributed by atoms with Gasteiger partial charge < -0.3 is 34.6 Å². The zero-order valence-electron chi connectivity index (χ0n) is 26.5. The fourth-order valence-corrected chi connectivity index (χ4v) is 5.69. The van der Waals surface area contributed by atoms with Crippen molar-refractivity contribution in [2.24, 2.45) is 0 Å². The van der Waals surface area contributed by atoms with E-state index < -0.39 is 24.0 Å². The molecule has 47 heavy (non-hydrogen) atoms. The number of carboxylic acids is 1. The number of carbonyl (C=O) groups is 4. The highest BCUT2D eigenvalue weighted by molar-refractivity contribution is 5.99. The van der Waals surface area contributed by atoms with Crippen molar-refractivity contribution in [2.75, 3.05) is 62.7 Å². The predicted octanol–water partition coefficient (Wildman–Crippen LogP) is 4.65. The Hall–Kier alpha value is -5.10.